The van der Waals surface area contributed by atoms with Crippen LogP contribution in [0.15, 0.2) is 61.3 Å². The standard InChI is InChI=1S/C25H31N7O5/c1-2-23(33)26-13-7-6-10-21(29-25(35)28-19-8-4-3-5-9-19)24(34)31-16-14-30(15-17-31)20-11-12-22(27-18-20)32(36)37/h2-5,8-9,11-12,18,21H,1,6-7,10,13-17H2,(H,26,33)(H2,28,29,35)/t21-/m0/s1. The van der Waals surface area contributed by atoms with E-state index in [4.69, 9.17) is 0 Å². The maximum atomic E-state index is 13.4. The highest BCUT2D eigenvalue weighted by Gasteiger charge is 2.29. The number of nitrogens with zero attached hydrogens (tertiary/aromatic N) is 4. The van der Waals surface area contributed by atoms with E-state index in [2.05, 4.69) is 27.5 Å². The highest BCUT2D eigenvalue weighted by molar-refractivity contribution is 5.93. The summed E-state index contributed by atoms with van der Waals surface area (Å²) < 4.78 is 0. The largest absolute Gasteiger partial charge is 0.365 e. The van der Waals surface area contributed by atoms with Gasteiger partial charge in [0.1, 0.15) is 6.04 Å². The Balaban J connectivity index is 1.57. The predicted molar refractivity (Wildman–Crippen MR) is 139 cm³/mol. The molecule has 4 amide bonds. The first-order chi connectivity index (χ1) is 17.9. The summed E-state index contributed by atoms with van der Waals surface area (Å²) in [4.78, 5) is 55.2. The summed E-state index contributed by atoms with van der Waals surface area (Å²) >= 11 is 0. The summed E-state index contributed by atoms with van der Waals surface area (Å²) in [5.41, 5.74) is 1.36. The molecule has 2 aromatic rings. The van der Waals surface area contributed by atoms with Crippen molar-refractivity contribution < 1.29 is 19.3 Å². The van der Waals surface area contributed by atoms with E-state index < -0.39 is 17.0 Å². The van der Waals surface area contributed by atoms with Crippen molar-refractivity contribution in [2.45, 2.75) is 25.3 Å². The molecule has 1 aromatic carbocycles. The van der Waals surface area contributed by atoms with Crippen molar-refractivity contribution in [1.82, 2.24) is 20.5 Å². The number of carbonyl (C=O) groups is 3. The Morgan fingerprint density at radius 3 is 2.43 bits per heavy atom. The summed E-state index contributed by atoms with van der Waals surface area (Å²) in [5, 5.41) is 19.1. The number of para-hydroxylation sites is 1. The van der Waals surface area contributed by atoms with Gasteiger partial charge in [-0.1, -0.05) is 24.8 Å². The highest BCUT2D eigenvalue weighted by Crippen LogP contribution is 2.19. The van der Waals surface area contributed by atoms with Crippen molar-refractivity contribution in [1.29, 1.82) is 0 Å². The third kappa shape index (κ3) is 8.30. The van der Waals surface area contributed by atoms with Crippen molar-refractivity contribution in [3.8, 4) is 0 Å². The summed E-state index contributed by atoms with van der Waals surface area (Å²) in [6, 6.07) is 10.8. The van der Waals surface area contributed by atoms with Crippen LogP contribution >= 0.6 is 0 Å². The van der Waals surface area contributed by atoms with Crippen molar-refractivity contribution in [3.05, 3.63) is 71.4 Å². The van der Waals surface area contributed by atoms with Gasteiger partial charge in [0.15, 0.2) is 6.20 Å². The molecule has 12 nitrogen and oxygen atoms in total. The van der Waals surface area contributed by atoms with E-state index >= 15 is 0 Å². The van der Waals surface area contributed by atoms with E-state index in [9.17, 15) is 24.5 Å². The number of benzene rings is 1. The maximum absolute atomic E-state index is 13.4. The quantitative estimate of drug-likeness (QED) is 0.182. The predicted octanol–water partition coefficient (Wildman–Crippen LogP) is 2.30. The number of unbranched alkanes of at least 4 members (excludes halogenated alkanes) is 1. The zero-order chi connectivity index (χ0) is 26.6. The van der Waals surface area contributed by atoms with Gasteiger partial charge < -0.3 is 35.9 Å². The van der Waals surface area contributed by atoms with Crippen molar-refractivity contribution in [3.63, 3.8) is 0 Å². The maximum Gasteiger partial charge on any atom is 0.363 e. The van der Waals surface area contributed by atoms with Crippen LogP contribution in [0.3, 0.4) is 0 Å². The second kappa shape index (κ2) is 13.6. The molecule has 3 N–H and O–H groups in total. The van der Waals surface area contributed by atoms with E-state index in [0.29, 0.717) is 57.7 Å². The summed E-state index contributed by atoms with van der Waals surface area (Å²) in [6.07, 6.45) is 4.34. The van der Waals surface area contributed by atoms with E-state index in [1.54, 1.807) is 35.2 Å². The van der Waals surface area contributed by atoms with E-state index in [-0.39, 0.29) is 17.6 Å². The Kier molecular flexibility index (Phi) is 9.94. The number of nitro groups is 1. The number of aromatic nitrogens is 1. The van der Waals surface area contributed by atoms with Crippen LogP contribution in [0.25, 0.3) is 0 Å². The number of hydrogen-bond acceptors (Lipinski definition) is 7. The number of pyridine rings is 1. The van der Waals surface area contributed by atoms with Gasteiger partial charge in [0.05, 0.1) is 5.69 Å². The molecule has 1 fully saturated rings. The molecule has 0 radical (unpaired) electrons. The molecule has 12 heteroatoms. The Morgan fingerprint density at radius 1 is 1.08 bits per heavy atom. The van der Waals surface area contributed by atoms with Gasteiger partial charge in [0.2, 0.25) is 11.8 Å². The summed E-state index contributed by atoms with van der Waals surface area (Å²) in [7, 11) is 0. The molecule has 1 saturated heterocycles. The second-order valence-electron chi connectivity index (χ2n) is 8.45. The smallest absolute Gasteiger partial charge is 0.363 e. The van der Waals surface area contributed by atoms with Crippen LogP contribution in [-0.4, -0.2) is 71.4 Å². The molecule has 0 saturated carbocycles. The molecule has 2 heterocycles. The van der Waals surface area contributed by atoms with E-state index in [0.717, 1.165) is 5.69 Å². The topological polar surface area (TPSA) is 150 Å². The minimum atomic E-state index is -0.730. The monoisotopic (exact) mass is 509 g/mol. The third-order valence-corrected chi connectivity index (χ3v) is 5.92. The van der Waals surface area contributed by atoms with Crippen LogP contribution in [0.1, 0.15) is 19.3 Å². The van der Waals surface area contributed by atoms with Gasteiger partial charge in [-0.2, -0.15) is 0 Å². The molecular weight excluding hydrogens is 478 g/mol. The zero-order valence-corrected chi connectivity index (χ0v) is 20.5. The third-order valence-electron chi connectivity index (χ3n) is 5.92. The van der Waals surface area contributed by atoms with Gasteiger partial charge in [0.25, 0.3) is 0 Å². The Labute approximate surface area is 214 Å². The number of rotatable bonds is 11. The molecular formula is C25H31N7O5. The lowest BCUT2D eigenvalue weighted by Crippen LogP contribution is -2.55. The minimum absolute atomic E-state index is 0.181. The number of piperazine rings is 1. The van der Waals surface area contributed by atoms with Crippen LogP contribution in [0.5, 0.6) is 0 Å². The first kappa shape index (κ1) is 27.1. The van der Waals surface area contributed by atoms with Gasteiger partial charge in [0, 0.05) is 44.5 Å². The molecule has 1 aliphatic rings. The average molecular weight is 510 g/mol. The number of hydrogen-bond donors (Lipinski definition) is 3. The molecule has 3 rings (SSSR count). The van der Waals surface area contributed by atoms with Crippen LogP contribution in [-0.2, 0) is 9.59 Å². The molecule has 0 aliphatic carbocycles. The highest BCUT2D eigenvalue weighted by atomic mass is 16.6. The van der Waals surface area contributed by atoms with Crippen LogP contribution in [0, 0.1) is 10.1 Å². The zero-order valence-electron chi connectivity index (χ0n) is 20.5. The molecule has 37 heavy (non-hydrogen) atoms. The first-order valence-corrected chi connectivity index (χ1v) is 12.0. The summed E-state index contributed by atoms with van der Waals surface area (Å²) in [6.45, 7) is 5.79. The first-order valence-electron chi connectivity index (χ1n) is 12.0. The normalized spacial score (nSPS) is 13.8. The van der Waals surface area contributed by atoms with Gasteiger partial charge in [-0.05, 0) is 53.4 Å². The van der Waals surface area contributed by atoms with Gasteiger partial charge >= 0.3 is 11.8 Å². The number of nitrogens with one attached hydrogen (secondary N) is 3. The molecule has 0 unspecified atom stereocenters. The molecule has 1 aliphatic heterocycles. The Hall–Kier alpha value is -4.48. The fourth-order valence-electron chi connectivity index (χ4n) is 3.94. The van der Waals surface area contributed by atoms with Crippen LogP contribution in [0.4, 0.5) is 22.0 Å². The number of anilines is 2. The lowest BCUT2D eigenvalue weighted by atomic mass is 10.1. The van der Waals surface area contributed by atoms with E-state index in [1.807, 2.05) is 11.0 Å². The fourth-order valence-corrected chi connectivity index (χ4v) is 3.94. The summed E-state index contributed by atoms with van der Waals surface area (Å²) in [5.74, 6) is -0.654. The number of carbonyl (C=O) groups excluding carboxylic acids is 3. The van der Waals surface area contributed by atoms with Gasteiger partial charge in [-0.3, -0.25) is 9.59 Å². The molecule has 196 valence electrons. The lowest BCUT2D eigenvalue weighted by molar-refractivity contribution is -0.389. The van der Waals surface area contributed by atoms with Crippen LogP contribution < -0.4 is 20.9 Å². The van der Waals surface area contributed by atoms with Crippen LogP contribution in [0.2, 0.25) is 0 Å². The molecule has 0 spiro atoms. The number of urea groups is 1. The molecule has 1 atom stereocenters. The van der Waals surface area contributed by atoms with Crippen molar-refractivity contribution >= 4 is 35.0 Å². The Morgan fingerprint density at radius 2 is 1.81 bits per heavy atom. The molecule has 1 aromatic heterocycles. The number of amides is 4. The van der Waals surface area contributed by atoms with Crippen molar-refractivity contribution in [2.75, 3.05) is 42.9 Å². The van der Waals surface area contributed by atoms with Gasteiger partial charge in [-0.15, -0.1) is 0 Å². The lowest BCUT2D eigenvalue weighted by Gasteiger charge is -2.37. The SMILES string of the molecule is C=CC(=O)NCCCC[C@H](NC(=O)Nc1ccccc1)C(=O)N1CCN(c2ccc([N+](=O)[O-])nc2)CC1. The Bertz CT molecular complexity index is 1090. The fraction of sp³-hybridized carbons (Fsp3) is 0.360. The second-order valence-corrected chi connectivity index (χ2v) is 8.45. The van der Waals surface area contributed by atoms with Crippen molar-refractivity contribution in [2.24, 2.45) is 0 Å². The minimum Gasteiger partial charge on any atom is -0.365 e. The van der Waals surface area contributed by atoms with Gasteiger partial charge in [-0.25, -0.2) is 4.79 Å². The molecule has 0 bridgehead atoms. The van der Waals surface area contributed by atoms with E-state index in [1.165, 1.54) is 18.3 Å². The average Bonchev–Trinajstić information content (AvgIpc) is 2.92.